The van der Waals surface area contributed by atoms with Crippen molar-refractivity contribution in [1.82, 2.24) is 10.6 Å². The van der Waals surface area contributed by atoms with E-state index in [0.29, 0.717) is 23.6 Å². The van der Waals surface area contributed by atoms with E-state index in [1.54, 1.807) is 24.3 Å². The van der Waals surface area contributed by atoms with E-state index in [9.17, 15) is 8.78 Å². The minimum atomic E-state index is -2.78. The Morgan fingerprint density at radius 1 is 1.26 bits per heavy atom. The monoisotopic (exact) mass is 342 g/mol. The summed E-state index contributed by atoms with van der Waals surface area (Å²) in [5, 5.41) is 7.31. The molecule has 3 nitrogen and oxygen atoms in total. The Hall–Kier alpha value is -1.43. The number of thiocarbonyl (C=S) groups is 1. The highest BCUT2D eigenvalue weighted by atomic mass is 32.1. The van der Waals surface area contributed by atoms with Crippen molar-refractivity contribution in [1.29, 1.82) is 0 Å². The first-order valence-corrected chi connectivity index (χ1v) is 8.53. The summed E-state index contributed by atoms with van der Waals surface area (Å²) >= 11 is 5.35. The third-order valence-electron chi connectivity index (χ3n) is 4.28. The van der Waals surface area contributed by atoms with Gasteiger partial charge in [-0.15, -0.1) is 0 Å². The third-order valence-corrected chi connectivity index (χ3v) is 4.54. The highest BCUT2D eigenvalue weighted by molar-refractivity contribution is 7.80. The molecular formula is C17H24F2N2OS. The Morgan fingerprint density at radius 2 is 1.96 bits per heavy atom. The zero-order valence-electron chi connectivity index (χ0n) is 13.4. The van der Waals surface area contributed by atoms with Crippen LogP contribution >= 0.6 is 12.2 Å². The van der Waals surface area contributed by atoms with Crippen LogP contribution in [-0.2, 0) is 6.42 Å². The first-order valence-electron chi connectivity index (χ1n) is 8.12. The van der Waals surface area contributed by atoms with Gasteiger partial charge in [0.2, 0.25) is 0 Å². The van der Waals surface area contributed by atoms with Gasteiger partial charge in [0, 0.05) is 12.6 Å². The Balaban J connectivity index is 1.68. The molecule has 1 aromatic rings. The summed E-state index contributed by atoms with van der Waals surface area (Å²) in [5.41, 5.74) is 1.05. The van der Waals surface area contributed by atoms with Crippen molar-refractivity contribution in [3.63, 3.8) is 0 Å². The molecule has 0 unspecified atom stereocenters. The molecule has 23 heavy (non-hydrogen) atoms. The van der Waals surface area contributed by atoms with Crippen LogP contribution in [0, 0.1) is 5.92 Å². The smallest absolute Gasteiger partial charge is 0.387 e. The van der Waals surface area contributed by atoms with Crippen molar-refractivity contribution in [3.05, 3.63) is 29.8 Å². The highest BCUT2D eigenvalue weighted by Crippen LogP contribution is 2.23. The minimum Gasteiger partial charge on any atom is -0.435 e. The number of nitrogens with one attached hydrogen (secondary N) is 2. The molecule has 2 rings (SSSR count). The van der Waals surface area contributed by atoms with E-state index >= 15 is 0 Å². The van der Waals surface area contributed by atoms with Crippen molar-refractivity contribution in [2.45, 2.75) is 51.7 Å². The lowest BCUT2D eigenvalue weighted by Gasteiger charge is -2.30. The van der Waals surface area contributed by atoms with Crippen molar-refractivity contribution in [3.8, 4) is 5.75 Å². The van der Waals surface area contributed by atoms with Crippen LogP contribution in [0.5, 0.6) is 5.75 Å². The van der Waals surface area contributed by atoms with Gasteiger partial charge in [0.05, 0.1) is 0 Å². The van der Waals surface area contributed by atoms with Crippen LogP contribution in [0.25, 0.3) is 0 Å². The average molecular weight is 342 g/mol. The topological polar surface area (TPSA) is 33.3 Å². The van der Waals surface area contributed by atoms with E-state index in [1.165, 1.54) is 25.7 Å². The highest BCUT2D eigenvalue weighted by Gasteiger charge is 2.21. The molecule has 0 bridgehead atoms. The molecule has 0 heterocycles. The van der Waals surface area contributed by atoms with Crippen LogP contribution in [0.2, 0.25) is 0 Å². The fraction of sp³-hybridized carbons (Fsp3) is 0.588. The molecule has 128 valence electrons. The van der Waals surface area contributed by atoms with Crippen LogP contribution in [0.15, 0.2) is 24.3 Å². The second-order valence-electron chi connectivity index (χ2n) is 6.04. The summed E-state index contributed by atoms with van der Waals surface area (Å²) in [5.74, 6) is 0.839. The molecule has 0 saturated heterocycles. The SMILES string of the molecule is C[C@@H]1CCCC[C@H]1NC(=S)NCCc1ccc(OC(F)F)cc1. The largest absolute Gasteiger partial charge is 0.435 e. The molecule has 2 N–H and O–H groups in total. The van der Waals surface area contributed by atoms with Crippen LogP contribution in [0.1, 0.15) is 38.2 Å². The second-order valence-corrected chi connectivity index (χ2v) is 6.45. The number of benzene rings is 1. The summed E-state index contributed by atoms with van der Waals surface area (Å²) in [7, 11) is 0. The first kappa shape index (κ1) is 17.9. The minimum absolute atomic E-state index is 0.181. The molecule has 6 heteroatoms. The molecule has 1 aromatic carbocycles. The lowest BCUT2D eigenvalue weighted by Crippen LogP contribution is -2.46. The summed E-state index contributed by atoms with van der Waals surface area (Å²) in [6, 6.07) is 7.16. The van der Waals surface area contributed by atoms with Gasteiger partial charge in [-0.05, 0) is 55.1 Å². The van der Waals surface area contributed by atoms with Gasteiger partial charge in [0.15, 0.2) is 5.11 Å². The summed E-state index contributed by atoms with van der Waals surface area (Å²) in [6.45, 7) is 0.193. The number of hydrogen-bond acceptors (Lipinski definition) is 2. The molecule has 1 fully saturated rings. The maximum Gasteiger partial charge on any atom is 0.387 e. The fourth-order valence-electron chi connectivity index (χ4n) is 2.91. The van der Waals surface area contributed by atoms with Crippen LogP contribution < -0.4 is 15.4 Å². The maximum absolute atomic E-state index is 12.1. The summed E-state index contributed by atoms with van der Waals surface area (Å²) < 4.78 is 28.5. The Labute approximate surface area is 141 Å². The van der Waals surface area contributed by atoms with E-state index < -0.39 is 6.61 Å². The van der Waals surface area contributed by atoms with Crippen molar-refractivity contribution < 1.29 is 13.5 Å². The molecule has 2 atom stereocenters. The Morgan fingerprint density at radius 3 is 2.61 bits per heavy atom. The van der Waals surface area contributed by atoms with E-state index in [1.807, 2.05) is 0 Å². The molecule has 1 saturated carbocycles. The maximum atomic E-state index is 12.1. The number of hydrogen-bond donors (Lipinski definition) is 2. The number of rotatable bonds is 6. The van der Waals surface area contributed by atoms with E-state index in [-0.39, 0.29) is 5.75 Å². The molecule has 0 aromatic heterocycles. The molecule has 0 spiro atoms. The normalized spacial score (nSPS) is 21.0. The van der Waals surface area contributed by atoms with Crippen molar-refractivity contribution >= 4 is 17.3 Å². The van der Waals surface area contributed by atoms with Crippen LogP contribution in [0.4, 0.5) is 8.78 Å². The van der Waals surface area contributed by atoms with Gasteiger partial charge in [0.1, 0.15) is 5.75 Å². The standard InChI is InChI=1S/C17H24F2N2OS/c1-12-4-2-3-5-15(12)21-17(23)20-11-10-13-6-8-14(9-7-13)22-16(18)19/h6-9,12,15-16H,2-5,10-11H2,1H3,(H2,20,21,23)/t12-,15-/m1/s1. The van der Waals surface area contributed by atoms with Crippen molar-refractivity contribution in [2.75, 3.05) is 6.54 Å². The number of ether oxygens (including phenoxy) is 1. The fourth-order valence-corrected chi connectivity index (χ4v) is 3.16. The quantitative estimate of drug-likeness (QED) is 0.769. The van der Waals surface area contributed by atoms with E-state index in [4.69, 9.17) is 12.2 Å². The third kappa shape index (κ3) is 6.29. The zero-order valence-corrected chi connectivity index (χ0v) is 14.2. The molecule has 0 amide bonds. The predicted molar refractivity (Wildman–Crippen MR) is 91.9 cm³/mol. The average Bonchev–Trinajstić information content (AvgIpc) is 2.51. The molecule has 0 radical (unpaired) electrons. The molecular weight excluding hydrogens is 318 g/mol. The van der Waals surface area contributed by atoms with Crippen molar-refractivity contribution in [2.24, 2.45) is 5.92 Å². The lowest BCUT2D eigenvalue weighted by atomic mass is 9.86. The number of halogens is 2. The van der Waals surface area contributed by atoms with E-state index in [0.717, 1.165) is 12.0 Å². The first-order chi connectivity index (χ1) is 11.0. The molecule has 1 aliphatic rings. The summed E-state index contributed by atoms with van der Waals surface area (Å²) in [6.07, 6.45) is 5.78. The van der Waals surface area contributed by atoms with Gasteiger partial charge in [-0.2, -0.15) is 8.78 Å². The van der Waals surface area contributed by atoms with E-state index in [2.05, 4.69) is 22.3 Å². The predicted octanol–water partition coefficient (Wildman–Crippen LogP) is 3.87. The van der Waals surface area contributed by atoms with Gasteiger partial charge < -0.3 is 15.4 Å². The van der Waals surface area contributed by atoms with Gasteiger partial charge in [0.25, 0.3) is 0 Å². The van der Waals surface area contributed by atoms with Gasteiger partial charge >= 0.3 is 6.61 Å². The Kier molecular flexibility index (Phi) is 7.02. The van der Waals surface area contributed by atoms with Gasteiger partial charge in [-0.25, -0.2) is 0 Å². The zero-order chi connectivity index (χ0) is 16.7. The second kappa shape index (κ2) is 9.01. The van der Waals surface area contributed by atoms with Crippen LogP contribution in [-0.4, -0.2) is 24.3 Å². The van der Waals surface area contributed by atoms with Crippen LogP contribution in [0.3, 0.4) is 0 Å². The van der Waals surface area contributed by atoms with Gasteiger partial charge in [-0.3, -0.25) is 0 Å². The summed E-state index contributed by atoms with van der Waals surface area (Å²) in [4.78, 5) is 0. The Bertz CT molecular complexity index is 496. The lowest BCUT2D eigenvalue weighted by molar-refractivity contribution is -0.0498. The number of alkyl halides is 2. The molecule has 1 aliphatic carbocycles. The molecule has 0 aliphatic heterocycles. The van der Waals surface area contributed by atoms with Gasteiger partial charge in [-0.1, -0.05) is 31.9 Å².